The summed E-state index contributed by atoms with van der Waals surface area (Å²) in [6.45, 7) is 6.68. The van der Waals surface area contributed by atoms with Crippen molar-refractivity contribution < 1.29 is 19.0 Å². The number of esters is 1. The van der Waals surface area contributed by atoms with Crippen molar-refractivity contribution in [3.05, 3.63) is 114 Å². The van der Waals surface area contributed by atoms with E-state index in [2.05, 4.69) is 59.2 Å². The zero-order valence-electron chi connectivity index (χ0n) is 27.7. The molecular formula is C41H46N2O4. The third-order valence-corrected chi connectivity index (χ3v) is 9.21. The molecule has 1 aliphatic carbocycles. The number of piperazine rings is 1. The minimum Gasteiger partial charge on any atom is -0.494 e. The van der Waals surface area contributed by atoms with Crippen LogP contribution >= 0.6 is 0 Å². The average Bonchev–Trinajstić information content (AvgIpc) is 3.56. The second-order valence-electron chi connectivity index (χ2n) is 12.4. The van der Waals surface area contributed by atoms with Gasteiger partial charge in [0.1, 0.15) is 17.6 Å². The van der Waals surface area contributed by atoms with Gasteiger partial charge in [0.2, 0.25) is 0 Å². The van der Waals surface area contributed by atoms with Crippen LogP contribution in [0.3, 0.4) is 0 Å². The van der Waals surface area contributed by atoms with Crippen molar-refractivity contribution >= 4 is 23.4 Å². The van der Waals surface area contributed by atoms with E-state index >= 15 is 0 Å². The summed E-state index contributed by atoms with van der Waals surface area (Å²) in [6, 6.07) is 30.0. The van der Waals surface area contributed by atoms with E-state index in [0.717, 1.165) is 61.8 Å². The second-order valence-corrected chi connectivity index (χ2v) is 12.4. The van der Waals surface area contributed by atoms with Gasteiger partial charge in [0.25, 0.3) is 0 Å². The summed E-state index contributed by atoms with van der Waals surface area (Å²) in [4.78, 5) is 17.8. The van der Waals surface area contributed by atoms with E-state index in [0.29, 0.717) is 11.3 Å². The van der Waals surface area contributed by atoms with Crippen LogP contribution in [-0.4, -0.2) is 45.9 Å². The number of rotatable bonds is 14. The molecule has 1 saturated heterocycles. The Morgan fingerprint density at radius 2 is 1.36 bits per heavy atom. The molecule has 1 fully saturated rings. The molecular weight excluding hydrogens is 584 g/mol. The first-order chi connectivity index (χ1) is 23.1. The Hall–Kier alpha value is -4.55. The highest BCUT2D eigenvalue weighted by Crippen LogP contribution is 2.38. The van der Waals surface area contributed by atoms with Crippen molar-refractivity contribution in [1.29, 1.82) is 0 Å². The molecule has 0 saturated carbocycles. The molecule has 0 amide bonds. The van der Waals surface area contributed by atoms with Crippen LogP contribution in [0.15, 0.2) is 97.1 Å². The van der Waals surface area contributed by atoms with Crippen LogP contribution in [0.25, 0.3) is 17.2 Å². The van der Waals surface area contributed by atoms with Crippen LogP contribution < -0.4 is 19.3 Å². The van der Waals surface area contributed by atoms with E-state index in [1.807, 2.05) is 60.7 Å². The highest BCUT2D eigenvalue weighted by atomic mass is 16.5. The number of methoxy groups -OCH3 is 1. The van der Waals surface area contributed by atoms with Crippen molar-refractivity contribution in [3.8, 4) is 22.6 Å². The van der Waals surface area contributed by atoms with Gasteiger partial charge in [0, 0.05) is 50.2 Å². The van der Waals surface area contributed by atoms with Gasteiger partial charge in [-0.15, -0.1) is 0 Å². The molecule has 1 atom stereocenters. The predicted molar refractivity (Wildman–Crippen MR) is 192 cm³/mol. The summed E-state index contributed by atoms with van der Waals surface area (Å²) in [5.41, 5.74) is 7.54. The lowest BCUT2D eigenvalue weighted by molar-refractivity contribution is 0.0734. The third kappa shape index (κ3) is 8.06. The number of hydrogen-bond donors (Lipinski definition) is 0. The maximum absolute atomic E-state index is 12.9. The van der Waals surface area contributed by atoms with Gasteiger partial charge in [-0.3, -0.25) is 0 Å². The van der Waals surface area contributed by atoms with Crippen LogP contribution in [0.5, 0.6) is 11.5 Å². The van der Waals surface area contributed by atoms with Gasteiger partial charge in [-0.1, -0.05) is 87.6 Å². The number of nitrogens with zero attached hydrogens (tertiary/aromatic N) is 2. The Morgan fingerprint density at radius 3 is 2.06 bits per heavy atom. The lowest BCUT2D eigenvalue weighted by Crippen LogP contribution is -2.46. The van der Waals surface area contributed by atoms with Gasteiger partial charge in [0.05, 0.1) is 12.2 Å². The number of fused-ring (bicyclic) bond motifs is 1. The van der Waals surface area contributed by atoms with E-state index in [1.54, 1.807) is 7.11 Å². The van der Waals surface area contributed by atoms with Crippen molar-refractivity contribution in [2.45, 2.75) is 51.6 Å². The number of hydrogen-bond acceptors (Lipinski definition) is 6. The zero-order chi connectivity index (χ0) is 32.4. The topological polar surface area (TPSA) is 51.2 Å². The Kier molecular flexibility index (Phi) is 10.9. The van der Waals surface area contributed by atoms with Crippen molar-refractivity contribution in [1.82, 2.24) is 0 Å². The molecule has 0 bridgehead atoms. The van der Waals surface area contributed by atoms with Gasteiger partial charge in [0.15, 0.2) is 0 Å². The van der Waals surface area contributed by atoms with Crippen LogP contribution in [0, 0.1) is 0 Å². The number of ether oxygens (including phenoxy) is 3. The van der Waals surface area contributed by atoms with E-state index in [1.165, 1.54) is 48.9 Å². The normalized spacial score (nSPS) is 15.5. The molecule has 1 heterocycles. The highest BCUT2D eigenvalue weighted by molar-refractivity contribution is 5.91. The van der Waals surface area contributed by atoms with Gasteiger partial charge >= 0.3 is 5.97 Å². The molecule has 6 heteroatoms. The minimum absolute atomic E-state index is 0.0181. The Morgan fingerprint density at radius 1 is 0.723 bits per heavy atom. The summed E-state index contributed by atoms with van der Waals surface area (Å²) in [6.07, 6.45) is 11.8. The lowest BCUT2D eigenvalue weighted by atomic mass is 10.0. The first-order valence-corrected chi connectivity index (χ1v) is 17.1. The monoisotopic (exact) mass is 630 g/mol. The predicted octanol–water partition coefficient (Wildman–Crippen LogP) is 9.35. The Labute approximate surface area is 279 Å². The zero-order valence-corrected chi connectivity index (χ0v) is 27.7. The third-order valence-electron chi connectivity index (χ3n) is 9.21. The van der Waals surface area contributed by atoms with Gasteiger partial charge in [-0.2, -0.15) is 0 Å². The van der Waals surface area contributed by atoms with E-state index in [4.69, 9.17) is 14.2 Å². The molecule has 0 spiro atoms. The molecule has 244 valence electrons. The summed E-state index contributed by atoms with van der Waals surface area (Å²) >= 11 is 0. The average molecular weight is 631 g/mol. The summed E-state index contributed by atoms with van der Waals surface area (Å²) < 4.78 is 17.3. The fraction of sp³-hybridized carbons (Fsp3) is 0.341. The van der Waals surface area contributed by atoms with E-state index in [9.17, 15) is 4.79 Å². The highest BCUT2D eigenvalue weighted by Gasteiger charge is 2.26. The Balaban J connectivity index is 0.968. The first kappa shape index (κ1) is 32.4. The SMILES string of the molecule is CCCCCCCCOc1ccc(-c2ccc(C(=O)Oc3ccc(N4CCN(c5cccc6c5C(OC)C=C6)CC4)cc3)cc2)cc1. The molecule has 47 heavy (non-hydrogen) atoms. The smallest absolute Gasteiger partial charge is 0.343 e. The summed E-state index contributed by atoms with van der Waals surface area (Å²) in [5, 5.41) is 0. The number of unbranched alkanes of at least 4 members (excludes halogenated alkanes) is 5. The molecule has 4 aromatic rings. The van der Waals surface area contributed by atoms with Crippen LogP contribution in [0.4, 0.5) is 11.4 Å². The second kappa shape index (κ2) is 15.8. The van der Waals surface area contributed by atoms with Crippen molar-refractivity contribution in [3.63, 3.8) is 0 Å². The van der Waals surface area contributed by atoms with Crippen molar-refractivity contribution in [2.75, 3.05) is 49.7 Å². The first-order valence-electron chi connectivity index (χ1n) is 17.1. The van der Waals surface area contributed by atoms with E-state index < -0.39 is 0 Å². The Bertz CT molecular complexity index is 1620. The fourth-order valence-corrected chi connectivity index (χ4v) is 6.50. The van der Waals surface area contributed by atoms with Crippen LogP contribution in [-0.2, 0) is 4.74 Å². The largest absolute Gasteiger partial charge is 0.494 e. The molecule has 1 unspecified atom stereocenters. The standard InChI is InChI=1S/C41H46N2O4/c1-3-4-5-6-7-8-30-46-36-21-16-32(17-22-36)31-12-14-34(15-13-31)41(44)47-37-23-19-35(20-24-37)42-26-28-43(29-27-42)38-11-9-10-33-18-25-39(45-2)40(33)38/h9-25,39H,3-8,26-30H2,1-2H3. The summed E-state index contributed by atoms with van der Waals surface area (Å²) in [5.74, 6) is 1.07. The van der Waals surface area contributed by atoms with Crippen molar-refractivity contribution in [2.24, 2.45) is 0 Å². The van der Waals surface area contributed by atoms with Crippen LogP contribution in [0.1, 0.15) is 73.0 Å². The number of carbonyl (C=O) groups is 1. The molecule has 2 aliphatic rings. The van der Waals surface area contributed by atoms with E-state index in [-0.39, 0.29) is 12.1 Å². The molecule has 6 nitrogen and oxygen atoms in total. The molecule has 0 radical (unpaired) electrons. The quantitative estimate of drug-likeness (QED) is 0.0786. The molecule has 4 aromatic carbocycles. The molecule has 1 aliphatic heterocycles. The number of carbonyl (C=O) groups excluding carboxylic acids is 1. The van der Waals surface area contributed by atoms with Crippen LogP contribution in [0.2, 0.25) is 0 Å². The van der Waals surface area contributed by atoms with Gasteiger partial charge < -0.3 is 24.0 Å². The maximum Gasteiger partial charge on any atom is 0.343 e. The molecule has 0 aromatic heterocycles. The molecule has 0 N–H and O–H groups in total. The van der Waals surface area contributed by atoms with Gasteiger partial charge in [-0.05, 0) is 77.7 Å². The molecule has 6 rings (SSSR count). The summed E-state index contributed by atoms with van der Waals surface area (Å²) in [7, 11) is 1.77. The number of anilines is 2. The van der Waals surface area contributed by atoms with Gasteiger partial charge in [-0.25, -0.2) is 4.79 Å². The fourth-order valence-electron chi connectivity index (χ4n) is 6.50. The minimum atomic E-state index is -0.365. The number of benzene rings is 4. The maximum atomic E-state index is 12.9. The lowest BCUT2D eigenvalue weighted by Gasteiger charge is -2.38.